The van der Waals surface area contributed by atoms with Crippen molar-refractivity contribution < 1.29 is 22.4 Å². The summed E-state index contributed by atoms with van der Waals surface area (Å²) in [7, 11) is -3.83. The zero-order valence-corrected chi connectivity index (χ0v) is 15.3. The van der Waals surface area contributed by atoms with Crippen LogP contribution in [0.3, 0.4) is 0 Å². The van der Waals surface area contributed by atoms with Gasteiger partial charge in [-0.3, -0.25) is 9.59 Å². The molecule has 0 bridgehead atoms. The summed E-state index contributed by atoms with van der Waals surface area (Å²) in [6.07, 6.45) is 0.129. The number of hydrogen-bond donors (Lipinski definition) is 2. The van der Waals surface area contributed by atoms with Gasteiger partial charge < -0.3 is 10.2 Å². The molecule has 0 spiro atoms. The average Bonchev–Trinajstić information content (AvgIpc) is 2.98. The molecule has 2 aromatic carbocycles. The number of benzene rings is 2. The molecule has 3 rings (SSSR count). The number of rotatable bonds is 6. The fourth-order valence-electron chi connectivity index (χ4n) is 2.87. The minimum atomic E-state index is -3.83. The van der Waals surface area contributed by atoms with E-state index in [1.54, 1.807) is 6.07 Å². The van der Waals surface area contributed by atoms with Crippen molar-refractivity contribution in [2.24, 2.45) is 0 Å². The highest BCUT2D eigenvalue weighted by Gasteiger charge is 2.22. The molecular formula is C18H18FN3O4S. The highest BCUT2D eigenvalue weighted by molar-refractivity contribution is 7.89. The Balaban J connectivity index is 1.70. The van der Waals surface area contributed by atoms with Crippen LogP contribution >= 0.6 is 0 Å². The first-order valence-electron chi connectivity index (χ1n) is 8.23. The molecule has 0 aromatic heterocycles. The topological polar surface area (TPSA) is 95.6 Å². The summed E-state index contributed by atoms with van der Waals surface area (Å²) in [6.45, 7) is 1.16. The monoisotopic (exact) mass is 391 g/mol. The molecule has 2 amide bonds. The summed E-state index contributed by atoms with van der Waals surface area (Å²) in [5, 5.41) is 2.64. The number of fused-ring (bicyclic) bond motifs is 1. The molecule has 1 aliphatic heterocycles. The number of sulfonamides is 1. The van der Waals surface area contributed by atoms with Crippen LogP contribution in [0.25, 0.3) is 0 Å². The van der Waals surface area contributed by atoms with E-state index in [9.17, 15) is 22.4 Å². The molecule has 0 atom stereocenters. The van der Waals surface area contributed by atoms with Gasteiger partial charge in [-0.15, -0.1) is 0 Å². The van der Waals surface area contributed by atoms with Crippen LogP contribution in [0, 0.1) is 5.82 Å². The van der Waals surface area contributed by atoms with Gasteiger partial charge in [-0.05, 0) is 35.9 Å². The second-order valence-electron chi connectivity index (χ2n) is 6.06. The number of carbonyl (C=O) groups excluding carboxylic acids is 2. The second-order valence-corrected chi connectivity index (χ2v) is 7.83. The molecule has 2 N–H and O–H groups in total. The van der Waals surface area contributed by atoms with Gasteiger partial charge in [-0.25, -0.2) is 17.5 Å². The van der Waals surface area contributed by atoms with Gasteiger partial charge in [0.05, 0.1) is 17.0 Å². The number of nitrogens with zero attached hydrogens (tertiary/aromatic N) is 1. The van der Waals surface area contributed by atoms with Crippen LogP contribution in [0.15, 0.2) is 47.4 Å². The van der Waals surface area contributed by atoms with Crippen LogP contribution in [0.4, 0.5) is 15.8 Å². The van der Waals surface area contributed by atoms with Crippen molar-refractivity contribution in [3.8, 4) is 0 Å². The molecule has 7 nitrogen and oxygen atoms in total. The van der Waals surface area contributed by atoms with E-state index in [-0.39, 0.29) is 36.0 Å². The van der Waals surface area contributed by atoms with Crippen molar-refractivity contribution in [3.63, 3.8) is 0 Å². The molecule has 0 unspecified atom stereocenters. The van der Waals surface area contributed by atoms with E-state index < -0.39 is 21.7 Å². The third-order valence-electron chi connectivity index (χ3n) is 4.16. The van der Waals surface area contributed by atoms with Crippen LogP contribution in [0.2, 0.25) is 0 Å². The number of anilines is 2. The molecule has 0 saturated heterocycles. The highest BCUT2D eigenvalue weighted by Crippen LogP contribution is 2.25. The van der Waals surface area contributed by atoms with Crippen LogP contribution in [0.5, 0.6) is 0 Å². The Bertz CT molecular complexity index is 1010. The summed E-state index contributed by atoms with van der Waals surface area (Å²) in [6, 6.07) is 10.2. The molecule has 0 radical (unpaired) electrons. The third-order valence-corrected chi connectivity index (χ3v) is 5.62. The lowest BCUT2D eigenvalue weighted by atomic mass is 10.2. The van der Waals surface area contributed by atoms with Crippen molar-refractivity contribution in [2.75, 3.05) is 23.3 Å². The van der Waals surface area contributed by atoms with Gasteiger partial charge >= 0.3 is 0 Å². The van der Waals surface area contributed by atoms with Gasteiger partial charge in [0.2, 0.25) is 21.8 Å². The van der Waals surface area contributed by atoms with Crippen molar-refractivity contribution in [1.29, 1.82) is 0 Å². The van der Waals surface area contributed by atoms with Gasteiger partial charge in [0.1, 0.15) is 5.82 Å². The van der Waals surface area contributed by atoms with Gasteiger partial charge in [-0.1, -0.05) is 12.1 Å². The molecule has 1 aliphatic rings. The Kier molecular flexibility index (Phi) is 5.24. The number of hydrogen-bond acceptors (Lipinski definition) is 4. The van der Waals surface area contributed by atoms with Crippen molar-refractivity contribution in [2.45, 2.75) is 18.2 Å². The zero-order chi connectivity index (χ0) is 19.6. The van der Waals surface area contributed by atoms with Gasteiger partial charge in [-0.2, -0.15) is 0 Å². The van der Waals surface area contributed by atoms with E-state index in [2.05, 4.69) is 10.0 Å². The first-order chi connectivity index (χ1) is 12.8. The van der Waals surface area contributed by atoms with Gasteiger partial charge in [0.25, 0.3) is 0 Å². The standard InChI is InChI=1S/C18H18FN3O4S/c1-12(23)22(17-5-3-2-4-15(17)19)9-8-20-27(25,26)14-6-7-16-13(10-14)11-18(24)21-16/h2-7,10,20H,8-9,11H2,1H3,(H,21,24). The van der Waals surface area contributed by atoms with Crippen molar-refractivity contribution in [1.82, 2.24) is 4.72 Å². The summed E-state index contributed by atoms with van der Waals surface area (Å²) >= 11 is 0. The highest BCUT2D eigenvalue weighted by atomic mass is 32.2. The average molecular weight is 391 g/mol. The molecule has 1 heterocycles. The lowest BCUT2D eigenvalue weighted by molar-refractivity contribution is -0.116. The SMILES string of the molecule is CC(=O)N(CCNS(=O)(=O)c1ccc2c(c1)CC(=O)N2)c1ccccc1F. The van der Waals surface area contributed by atoms with Gasteiger partial charge in [0, 0.05) is 25.7 Å². The Labute approximate surface area is 156 Å². The van der Waals surface area contributed by atoms with Crippen LogP contribution < -0.4 is 14.9 Å². The quantitative estimate of drug-likeness (QED) is 0.783. The minimum absolute atomic E-state index is 0.0259. The van der Waals surface area contributed by atoms with E-state index in [1.165, 1.54) is 48.2 Å². The number of carbonyl (C=O) groups is 2. The molecule has 0 saturated carbocycles. The fourth-order valence-corrected chi connectivity index (χ4v) is 3.94. The van der Waals surface area contributed by atoms with E-state index >= 15 is 0 Å². The van der Waals surface area contributed by atoms with E-state index in [1.807, 2.05) is 0 Å². The molecule has 0 aliphatic carbocycles. The predicted octanol–water partition coefficient (Wildman–Crippen LogP) is 1.65. The summed E-state index contributed by atoms with van der Waals surface area (Å²) in [4.78, 5) is 24.4. The fraction of sp³-hybridized carbons (Fsp3) is 0.222. The first kappa shape index (κ1) is 19.0. The minimum Gasteiger partial charge on any atom is -0.326 e. The second kappa shape index (κ2) is 7.45. The van der Waals surface area contributed by atoms with Crippen molar-refractivity contribution >= 4 is 33.2 Å². The van der Waals surface area contributed by atoms with Crippen LogP contribution in [-0.4, -0.2) is 33.3 Å². The summed E-state index contributed by atoms with van der Waals surface area (Å²) in [5.41, 5.74) is 1.30. The Hall–Kier alpha value is -2.78. The maximum atomic E-state index is 13.9. The van der Waals surface area contributed by atoms with Crippen LogP contribution in [0.1, 0.15) is 12.5 Å². The summed E-state index contributed by atoms with van der Waals surface area (Å²) in [5.74, 6) is -1.15. The van der Waals surface area contributed by atoms with E-state index in [0.29, 0.717) is 11.3 Å². The lowest BCUT2D eigenvalue weighted by Crippen LogP contribution is -2.38. The smallest absolute Gasteiger partial charge is 0.240 e. The number of amides is 2. The maximum absolute atomic E-state index is 13.9. The zero-order valence-electron chi connectivity index (χ0n) is 14.5. The number of nitrogens with one attached hydrogen (secondary N) is 2. The third kappa shape index (κ3) is 4.15. The number of halogens is 1. The largest absolute Gasteiger partial charge is 0.326 e. The van der Waals surface area contributed by atoms with Gasteiger partial charge in [0.15, 0.2) is 0 Å². The predicted molar refractivity (Wildman–Crippen MR) is 98.4 cm³/mol. The molecular weight excluding hydrogens is 373 g/mol. The summed E-state index contributed by atoms with van der Waals surface area (Å²) < 4.78 is 41.3. The maximum Gasteiger partial charge on any atom is 0.240 e. The Morgan fingerprint density at radius 3 is 2.70 bits per heavy atom. The Morgan fingerprint density at radius 2 is 2.00 bits per heavy atom. The molecule has 9 heteroatoms. The molecule has 142 valence electrons. The van der Waals surface area contributed by atoms with Crippen molar-refractivity contribution in [3.05, 3.63) is 53.8 Å². The van der Waals surface area contributed by atoms with Crippen LogP contribution in [-0.2, 0) is 26.0 Å². The Morgan fingerprint density at radius 1 is 1.26 bits per heavy atom. The molecule has 0 fully saturated rings. The lowest BCUT2D eigenvalue weighted by Gasteiger charge is -2.22. The van der Waals surface area contributed by atoms with E-state index in [0.717, 1.165) is 0 Å². The normalized spacial score (nSPS) is 13.2. The molecule has 2 aromatic rings. The first-order valence-corrected chi connectivity index (χ1v) is 9.71. The van der Waals surface area contributed by atoms with E-state index in [4.69, 9.17) is 0 Å². The molecule has 27 heavy (non-hydrogen) atoms. The number of para-hydroxylation sites is 1.